The molecule has 0 fully saturated rings. The number of aromatic nitrogens is 2. The maximum absolute atomic E-state index is 13.3. The number of nitrogens with one attached hydrogen (secondary N) is 2. The Morgan fingerprint density at radius 1 is 1.21 bits per heavy atom. The Morgan fingerprint density at radius 3 is 2.96 bits per heavy atom. The van der Waals surface area contributed by atoms with Crippen molar-refractivity contribution in [3.63, 3.8) is 0 Å². The molecule has 0 radical (unpaired) electrons. The van der Waals surface area contributed by atoms with Crippen LogP contribution < -0.4 is 16.3 Å². The molecule has 7 heteroatoms. The Hall–Kier alpha value is -3.48. The number of urea groups is 1. The van der Waals surface area contributed by atoms with Crippen molar-refractivity contribution in [3.05, 3.63) is 93.9 Å². The van der Waals surface area contributed by atoms with Gasteiger partial charge in [0.1, 0.15) is 5.82 Å². The minimum absolute atomic E-state index is 0.132. The third-order valence-electron chi connectivity index (χ3n) is 4.81. The number of rotatable bonds is 4. The highest BCUT2D eigenvalue weighted by molar-refractivity contribution is 5.89. The largest absolute Gasteiger partial charge is 0.347 e. The number of hydrogen-bond acceptors (Lipinski definition) is 3. The summed E-state index contributed by atoms with van der Waals surface area (Å²) in [6, 6.07) is 13.2. The Labute approximate surface area is 161 Å². The first kappa shape index (κ1) is 17.9. The van der Waals surface area contributed by atoms with E-state index in [1.807, 2.05) is 18.2 Å². The van der Waals surface area contributed by atoms with Gasteiger partial charge in [-0.05, 0) is 59.9 Å². The fourth-order valence-electron chi connectivity index (χ4n) is 3.51. The molecule has 6 nitrogen and oxygen atoms in total. The van der Waals surface area contributed by atoms with Gasteiger partial charge < -0.3 is 10.6 Å². The Bertz CT molecular complexity index is 1080. The van der Waals surface area contributed by atoms with Crippen LogP contribution in [0.5, 0.6) is 0 Å². The maximum Gasteiger partial charge on any atom is 0.347 e. The number of anilines is 1. The molecule has 3 aromatic rings. The van der Waals surface area contributed by atoms with Crippen LogP contribution in [0, 0.1) is 5.82 Å². The molecule has 0 saturated carbocycles. The Morgan fingerprint density at radius 2 is 2.11 bits per heavy atom. The summed E-state index contributed by atoms with van der Waals surface area (Å²) in [4.78, 5) is 27.9. The number of benzene rings is 2. The van der Waals surface area contributed by atoms with Gasteiger partial charge in [0.2, 0.25) is 0 Å². The van der Waals surface area contributed by atoms with E-state index in [-0.39, 0.29) is 23.6 Å². The molecule has 2 N–H and O–H groups in total. The van der Waals surface area contributed by atoms with Crippen molar-refractivity contribution in [1.29, 1.82) is 0 Å². The normalized spacial score (nSPS) is 15.1. The van der Waals surface area contributed by atoms with E-state index in [9.17, 15) is 14.0 Å². The molecular formula is C21H19FN4O2. The molecule has 1 aromatic heterocycles. The van der Waals surface area contributed by atoms with Crippen molar-refractivity contribution in [2.45, 2.75) is 25.4 Å². The van der Waals surface area contributed by atoms with Crippen LogP contribution >= 0.6 is 0 Å². The topological polar surface area (TPSA) is 76.0 Å². The third kappa shape index (κ3) is 3.93. The molecule has 1 aliphatic carbocycles. The number of amides is 2. The van der Waals surface area contributed by atoms with Crippen LogP contribution in [0.2, 0.25) is 0 Å². The molecule has 1 heterocycles. The average Bonchev–Trinajstić information content (AvgIpc) is 3.05. The second-order valence-corrected chi connectivity index (χ2v) is 6.76. The molecule has 2 aromatic carbocycles. The molecule has 4 rings (SSSR count). The molecule has 1 aliphatic rings. The summed E-state index contributed by atoms with van der Waals surface area (Å²) >= 11 is 0. The first-order valence-electron chi connectivity index (χ1n) is 9.05. The zero-order chi connectivity index (χ0) is 19.5. The number of nitrogens with zero attached hydrogens (tertiary/aromatic N) is 2. The van der Waals surface area contributed by atoms with Crippen LogP contribution in [0.15, 0.2) is 65.7 Å². The van der Waals surface area contributed by atoms with Gasteiger partial charge in [0, 0.05) is 18.1 Å². The van der Waals surface area contributed by atoms with Crippen molar-refractivity contribution < 1.29 is 9.18 Å². The van der Waals surface area contributed by atoms with E-state index in [1.54, 1.807) is 24.4 Å². The van der Waals surface area contributed by atoms with Crippen LogP contribution in [0.3, 0.4) is 0 Å². The summed E-state index contributed by atoms with van der Waals surface area (Å²) < 4.78 is 14.8. The lowest BCUT2D eigenvalue weighted by Crippen LogP contribution is -2.31. The van der Waals surface area contributed by atoms with Gasteiger partial charge in [-0.2, -0.15) is 0 Å². The lowest BCUT2D eigenvalue weighted by molar-refractivity contribution is 0.248. The van der Waals surface area contributed by atoms with E-state index in [0.717, 1.165) is 29.5 Å². The van der Waals surface area contributed by atoms with E-state index in [4.69, 9.17) is 0 Å². The average molecular weight is 378 g/mol. The number of hydrogen-bond donors (Lipinski definition) is 2. The summed E-state index contributed by atoms with van der Waals surface area (Å²) in [5.41, 5.74) is 3.07. The molecule has 0 saturated heterocycles. The second-order valence-electron chi connectivity index (χ2n) is 6.76. The van der Waals surface area contributed by atoms with Crippen LogP contribution in [0.25, 0.3) is 0 Å². The van der Waals surface area contributed by atoms with E-state index in [1.165, 1.54) is 22.9 Å². The third-order valence-corrected chi connectivity index (χ3v) is 4.81. The predicted molar refractivity (Wildman–Crippen MR) is 104 cm³/mol. The molecule has 142 valence electrons. The molecule has 0 bridgehead atoms. The number of aryl methyl sites for hydroxylation is 1. The molecule has 28 heavy (non-hydrogen) atoms. The van der Waals surface area contributed by atoms with Crippen LogP contribution in [0.1, 0.15) is 29.2 Å². The quantitative estimate of drug-likeness (QED) is 0.732. The number of carbonyl (C=O) groups is 1. The fourth-order valence-corrected chi connectivity index (χ4v) is 3.51. The van der Waals surface area contributed by atoms with Crippen molar-refractivity contribution in [1.82, 2.24) is 14.9 Å². The first-order valence-corrected chi connectivity index (χ1v) is 9.05. The van der Waals surface area contributed by atoms with E-state index >= 15 is 0 Å². The molecule has 0 unspecified atom stereocenters. The summed E-state index contributed by atoms with van der Waals surface area (Å²) in [5.74, 6) is -0.256. The van der Waals surface area contributed by atoms with Gasteiger partial charge in [0.15, 0.2) is 0 Å². The van der Waals surface area contributed by atoms with Crippen molar-refractivity contribution in [2.75, 3.05) is 5.32 Å². The summed E-state index contributed by atoms with van der Waals surface area (Å²) in [5, 5.41) is 5.77. The minimum atomic E-state index is -0.324. The Balaban J connectivity index is 1.42. The minimum Gasteiger partial charge on any atom is -0.331 e. The fraction of sp³-hybridized carbons (Fsp3) is 0.190. The number of halogens is 1. The molecule has 0 aliphatic heterocycles. The van der Waals surface area contributed by atoms with Crippen LogP contribution in [0.4, 0.5) is 14.9 Å². The Kier molecular flexibility index (Phi) is 4.89. The number of fused-ring (bicyclic) bond motifs is 1. The monoisotopic (exact) mass is 378 g/mol. The van der Waals surface area contributed by atoms with Gasteiger partial charge >= 0.3 is 11.7 Å². The van der Waals surface area contributed by atoms with E-state index in [2.05, 4.69) is 15.6 Å². The van der Waals surface area contributed by atoms with Gasteiger partial charge in [0.25, 0.3) is 0 Å². The van der Waals surface area contributed by atoms with Gasteiger partial charge in [-0.3, -0.25) is 4.57 Å². The van der Waals surface area contributed by atoms with Crippen LogP contribution in [-0.2, 0) is 13.0 Å². The maximum atomic E-state index is 13.3. The molecule has 1 atom stereocenters. The van der Waals surface area contributed by atoms with E-state index in [0.29, 0.717) is 12.2 Å². The smallest absolute Gasteiger partial charge is 0.331 e. The first-order chi connectivity index (χ1) is 13.6. The molecule has 0 spiro atoms. The lowest BCUT2D eigenvalue weighted by atomic mass is 10.1. The van der Waals surface area contributed by atoms with Gasteiger partial charge in [-0.25, -0.2) is 19.0 Å². The summed E-state index contributed by atoms with van der Waals surface area (Å²) in [6.45, 7) is 0.366. The van der Waals surface area contributed by atoms with Gasteiger partial charge in [-0.15, -0.1) is 0 Å². The van der Waals surface area contributed by atoms with Crippen molar-refractivity contribution in [2.24, 2.45) is 0 Å². The van der Waals surface area contributed by atoms with Crippen LogP contribution in [-0.4, -0.2) is 15.6 Å². The zero-order valence-corrected chi connectivity index (χ0v) is 15.1. The highest BCUT2D eigenvalue weighted by Crippen LogP contribution is 2.31. The SMILES string of the molecule is O=C(Nc1cccc(Cn2cccnc2=O)c1)N[C@H]1CCc2cc(F)ccc21. The standard InChI is InChI=1S/C21H19FN4O2/c22-16-6-7-18-15(12-16)5-8-19(18)25-20(27)24-17-4-1-3-14(11-17)13-26-10-2-9-23-21(26)28/h1-4,6-7,9-12,19H,5,8,13H2,(H2,24,25,27)/t19-/m0/s1. The zero-order valence-electron chi connectivity index (χ0n) is 15.1. The van der Waals surface area contributed by atoms with Crippen molar-refractivity contribution in [3.8, 4) is 0 Å². The van der Waals surface area contributed by atoms with Gasteiger partial charge in [-0.1, -0.05) is 18.2 Å². The van der Waals surface area contributed by atoms with Crippen molar-refractivity contribution >= 4 is 11.7 Å². The molecular weight excluding hydrogens is 359 g/mol. The highest BCUT2D eigenvalue weighted by atomic mass is 19.1. The summed E-state index contributed by atoms with van der Waals surface area (Å²) in [6.07, 6.45) is 4.61. The predicted octanol–water partition coefficient (Wildman–Crippen LogP) is 3.24. The molecule has 2 amide bonds. The second kappa shape index (κ2) is 7.64. The van der Waals surface area contributed by atoms with E-state index < -0.39 is 0 Å². The highest BCUT2D eigenvalue weighted by Gasteiger charge is 2.24. The summed E-state index contributed by atoms with van der Waals surface area (Å²) in [7, 11) is 0. The number of carbonyl (C=O) groups excluding carboxylic acids is 1. The van der Waals surface area contributed by atoms with Gasteiger partial charge in [0.05, 0.1) is 12.6 Å². The lowest BCUT2D eigenvalue weighted by Gasteiger charge is -2.15.